The third kappa shape index (κ3) is 3.96. The van der Waals surface area contributed by atoms with E-state index in [1.165, 1.54) is 0 Å². The molecule has 3 aromatic rings. The predicted octanol–water partition coefficient (Wildman–Crippen LogP) is 3.97. The largest absolute Gasteiger partial charge is 0.486 e. The van der Waals surface area contributed by atoms with Crippen LogP contribution in [0, 0.1) is 13.8 Å². The van der Waals surface area contributed by atoms with E-state index in [1.54, 1.807) is 29.2 Å². The first kappa shape index (κ1) is 19.8. The summed E-state index contributed by atoms with van der Waals surface area (Å²) in [7, 11) is 0. The van der Waals surface area contributed by atoms with Crippen molar-refractivity contribution in [2.75, 3.05) is 25.1 Å². The van der Waals surface area contributed by atoms with E-state index in [2.05, 4.69) is 10.3 Å². The van der Waals surface area contributed by atoms with Crippen LogP contribution in [0.3, 0.4) is 0 Å². The highest BCUT2D eigenvalue weighted by molar-refractivity contribution is 5.90. The van der Waals surface area contributed by atoms with Crippen molar-refractivity contribution in [2.45, 2.75) is 27.3 Å². The van der Waals surface area contributed by atoms with Crippen LogP contribution in [-0.2, 0) is 6.54 Å². The Morgan fingerprint density at radius 2 is 1.87 bits per heavy atom. The second-order valence-corrected chi connectivity index (χ2v) is 7.47. The molecular formula is C23H25N3O4. The SMILES string of the molecule is CCN(Cc1cc(=O)[nH]c2c(C)cc(C)cc12)C(=O)Nc1ccc2c(c1)OCCO2. The summed E-state index contributed by atoms with van der Waals surface area (Å²) in [5.74, 6) is 1.29. The summed E-state index contributed by atoms with van der Waals surface area (Å²) in [6, 6.07) is 10.7. The van der Waals surface area contributed by atoms with Gasteiger partial charge in [-0.2, -0.15) is 0 Å². The Morgan fingerprint density at radius 3 is 2.63 bits per heavy atom. The highest BCUT2D eigenvalue weighted by Crippen LogP contribution is 2.32. The van der Waals surface area contributed by atoms with Crippen LogP contribution in [0.25, 0.3) is 10.9 Å². The fourth-order valence-electron chi connectivity index (χ4n) is 3.77. The molecule has 156 valence electrons. The van der Waals surface area contributed by atoms with E-state index >= 15 is 0 Å². The van der Waals surface area contributed by atoms with Crippen LogP contribution in [0.15, 0.2) is 41.2 Å². The Hall–Kier alpha value is -3.48. The van der Waals surface area contributed by atoms with Gasteiger partial charge in [-0.1, -0.05) is 11.6 Å². The minimum atomic E-state index is -0.244. The van der Waals surface area contributed by atoms with Crippen molar-refractivity contribution in [3.05, 3.63) is 63.4 Å². The van der Waals surface area contributed by atoms with Crippen molar-refractivity contribution in [3.63, 3.8) is 0 Å². The van der Waals surface area contributed by atoms with Gasteiger partial charge >= 0.3 is 6.03 Å². The number of aromatic nitrogens is 1. The number of aryl methyl sites for hydroxylation is 2. The summed E-state index contributed by atoms with van der Waals surface area (Å²) in [4.78, 5) is 29.7. The van der Waals surface area contributed by atoms with Gasteiger partial charge in [-0.05, 0) is 50.1 Å². The highest BCUT2D eigenvalue weighted by Gasteiger charge is 2.17. The van der Waals surface area contributed by atoms with Crippen LogP contribution in [0.2, 0.25) is 0 Å². The number of hydrogen-bond acceptors (Lipinski definition) is 4. The van der Waals surface area contributed by atoms with Gasteiger partial charge in [-0.25, -0.2) is 4.79 Å². The van der Waals surface area contributed by atoms with Crippen LogP contribution in [-0.4, -0.2) is 35.7 Å². The third-order valence-corrected chi connectivity index (χ3v) is 5.20. The fraction of sp³-hybridized carbons (Fsp3) is 0.304. The van der Waals surface area contributed by atoms with E-state index in [-0.39, 0.29) is 11.6 Å². The number of nitrogens with zero attached hydrogens (tertiary/aromatic N) is 1. The number of anilines is 1. The minimum absolute atomic E-state index is 0.173. The quantitative estimate of drug-likeness (QED) is 0.685. The summed E-state index contributed by atoms with van der Waals surface area (Å²) < 4.78 is 11.1. The molecule has 2 N–H and O–H groups in total. The monoisotopic (exact) mass is 407 g/mol. The van der Waals surface area contributed by atoms with E-state index in [0.717, 1.165) is 27.6 Å². The molecule has 30 heavy (non-hydrogen) atoms. The lowest BCUT2D eigenvalue weighted by Gasteiger charge is -2.23. The lowest BCUT2D eigenvalue weighted by molar-refractivity contribution is 0.171. The number of rotatable bonds is 4. The first-order valence-electron chi connectivity index (χ1n) is 10.0. The summed E-state index contributed by atoms with van der Waals surface area (Å²) in [5.41, 5.74) is 4.20. The minimum Gasteiger partial charge on any atom is -0.486 e. The lowest BCUT2D eigenvalue weighted by Crippen LogP contribution is -2.34. The van der Waals surface area contributed by atoms with Crippen LogP contribution >= 0.6 is 0 Å². The number of nitrogens with one attached hydrogen (secondary N) is 2. The van der Waals surface area contributed by atoms with Gasteiger partial charge in [0, 0.05) is 36.3 Å². The molecule has 2 heterocycles. The van der Waals surface area contributed by atoms with Crippen molar-refractivity contribution in [1.82, 2.24) is 9.88 Å². The number of hydrogen-bond donors (Lipinski definition) is 2. The van der Waals surface area contributed by atoms with Crippen LogP contribution in [0.5, 0.6) is 11.5 Å². The topological polar surface area (TPSA) is 83.7 Å². The number of fused-ring (bicyclic) bond motifs is 2. The van der Waals surface area contributed by atoms with Gasteiger partial charge in [0.05, 0.1) is 5.52 Å². The number of pyridine rings is 1. The number of aromatic amines is 1. The van der Waals surface area contributed by atoms with Crippen molar-refractivity contribution in [1.29, 1.82) is 0 Å². The van der Waals surface area contributed by atoms with Gasteiger partial charge in [0.25, 0.3) is 0 Å². The van der Waals surface area contributed by atoms with E-state index in [1.807, 2.05) is 32.9 Å². The molecule has 2 amide bonds. The van der Waals surface area contributed by atoms with Gasteiger partial charge in [0.2, 0.25) is 5.56 Å². The number of carbonyl (C=O) groups is 1. The molecule has 7 heteroatoms. The van der Waals surface area contributed by atoms with Gasteiger partial charge in [-0.3, -0.25) is 4.79 Å². The van der Waals surface area contributed by atoms with Crippen molar-refractivity contribution >= 4 is 22.6 Å². The molecular weight excluding hydrogens is 382 g/mol. The molecule has 1 aliphatic heterocycles. The summed E-state index contributed by atoms with van der Waals surface area (Å²) >= 11 is 0. The van der Waals surface area contributed by atoms with Crippen molar-refractivity contribution in [3.8, 4) is 11.5 Å². The Balaban J connectivity index is 1.59. The average Bonchev–Trinajstić information content (AvgIpc) is 2.72. The van der Waals surface area contributed by atoms with Crippen molar-refractivity contribution in [2.24, 2.45) is 0 Å². The molecule has 0 unspecified atom stereocenters. The molecule has 1 aromatic heterocycles. The Morgan fingerprint density at radius 1 is 1.10 bits per heavy atom. The lowest BCUT2D eigenvalue weighted by atomic mass is 10.0. The predicted molar refractivity (Wildman–Crippen MR) is 117 cm³/mol. The standard InChI is InChI=1S/C23H25N3O4/c1-4-26(23(28)24-17-5-6-19-20(12-17)30-8-7-29-19)13-16-11-21(27)25-22-15(3)9-14(2)10-18(16)22/h5-6,9-12H,4,7-8,13H2,1-3H3,(H,24,28)(H,25,27). The molecule has 0 spiro atoms. The number of H-pyrrole nitrogens is 1. The van der Waals surface area contributed by atoms with Crippen LogP contribution in [0.4, 0.5) is 10.5 Å². The first-order chi connectivity index (χ1) is 14.4. The molecule has 0 atom stereocenters. The average molecular weight is 407 g/mol. The van der Waals surface area contributed by atoms with Gasteiger partial charge in [-0.15, -0.1) is 0 Å². The molecule has 0 saturated heterocycles. The number of ether oxygens (including phenoxy) is 2. The van der Waals surface area contributed by atoms with Gasteiger partial charge < -0.3 is 24.7 Å². The molecule has 7 nitrogen and oxygen atoms in total. The number of carbonyl (C=O) groups excluding carboxylic acids is 1. The normalized spacial score (nSPS) is 12.6. The zero-order chi connectivity index (χ0) is 21.3. The smallest absolute Gasteiger partial charge is 0.322 e. The van der Waals surface area contributed by atoms with Gasteiger partial charge in [0.1, 0.15) is 13.2 Å². The molecule has 0 saturated carbocycles. The fourth-order valence-corrected chi connectivity index (χ4v) is 3.77. The summed E-state index contributed by atoms with van der Waals surface area (Å²) in [6.07, 6.45) is 0. The van der Waals surface area contributed by atoms with E-state index < -0.39 is 0 Å². The van der Waals surface area contributed by atoms with E-state index in [9.17, 15) is 9.59 Å². The number of benzene rings is 2. The molecule has 2 aromatic carbocycles. The Kier molecular flexibility index (Phi) is 5.35. The van der Waals surface area contributed by atoms with Gasteiger partial charge in [0.15, 0.2) is 11.5 Å². The first-order valence-corrected chi connectivity index (χ1v) is 10.0. The Bertz CT molecular complexity index is 1170. The second kappa shape index (κ2) is 8.10. The number of amides is 2. The summed E-state index contributed by atoms with van der Waals surface area (Å²) in [6.45, 7) is 7.74. The maximum absolute atomic E-state index is 12.9. The van der Waals surface area contributed by atoms with Crippen LogP contribution in [0.1, 0.15) is 23.6 Å². The maximum Gasteiger partial charge on any atom is 0.322 e. The zero-order valence-electron chi connectivity index (χ0n) is 17.4. The molecule has 0 radical (unpaired) electrons. The molecule has 0 fully saturated rings. The summed E-state index contributed by atoms with van der Waals surface area (Å²) in [5, 5.41) is 3.87. The third-order valence-electron chi connectivity index (χ3n) is 5.20. The molecule has 0 bridgehead atoms. The molecule has 4 rings (SSSR count). The van der Waals surface area contributed by atoms with Crippen molar-refractivity contribution < 1.29 is 14.3 Å². The highest BCUT2D eigenvalue weighted by atomic mass is 16.6. The van der Waals surface area contributed by atoms with E-state index in [4.69, 9.17) is 9.47 Å². The molecule has 0 aliphatic carbocycles. The Labute approximate surface area is 174 Å². The molecule has 1 aliphatic rings. The van der Waals surface area contributed by atoms with E-state index in [0.29, 0.717) is 43.5 Å². The second-order valence-electron chi connectivity index (χ2n) is 7.47. The zero-order valence-corrected chi connectivity index (χ0v) is 17.4. The number of urea groups is 1. The van der Waals surface area contributed by atoms with Crippen LogP contribution < -0.4 is 20.3 Å². The maximum atomic E-state index is 12.9.